The number of amides is 1. The molecule has 1 amide bonds. The lowest BCUT2D eigenvalue weighted by molar-refractivity contribution is 0.0605. The number of hydrogen-bond donors (Lipinski definition) is 0. The Morgan fingerprint density at radius 3 is 2.71 bits per heavy atom. The largest absolute Gasteiger partial charge is 0.494 e. The van der Waals surface area contributed by atoms with Gasteiger partial charge in [-0.05, 0) is 50.1 Å². The molecule has 0 N–H and O–H groups in total. The molecular formula is C29H28N2O6S. The van der Waals surface area contributed by atoms with Crippen LogP contribution in [0.2, 0.25) is 0 Å². The van der Waals surface area contributed by atoms with E-state index in [9.17, 15) is 14.4 Å². The number of fused-ring (bicyclic) bond motifs is 2. The van der Waals surface area contributed by atoms with Gasteiger partial charge in [-0.1, -0.05) is 54.9 Å². The summed E-state index contributed by atoms with van der Waals surface area (Å²) >= 11 is 1.04. The van der Waals surface area contributed by atoms with Gasteiger partial charge in [0, 0.05) is 0 Å². The Labute approximate surface area is 223 Å². The lowest BCUT2D eigenvalue weighted by Crippen LogP contribution is -2.29. The van der Waals surface area contributed by atoms with E-state index in [0.717, 1.165) is 36.2 Å². The number of thiazole rings is 1. The third kappa shape index (κ3) is 4.47. The predicted molar refractivity (Wildman–Crippen MR) is 146 cm³/mol. The lowest BCUT2D eigenvalue weighted by Gasteiger charge is -2.23. The smallest absolute Gasteiger partial charge is 0.350 e. The van der Waals surface area contributed by atoms with Crippen molar-refractivity contribution in [2.24, 2.45) is 0 Å². The van der Waals surface area contributed by atoms with Crippen molar-refractivity contribution >= 4 is 39.3 Å². The Morgan fingerprint density at radius 2 is 1.95 bits per heavy atom. The number of rotatable bonds is 8. The molecule has 9 heteroatoms. The minimum absolute atomic E-state index is 0.0295. The highest BCUT2D eigenvalue weighted by atomic mass is 32.1. The number of aryl methyl sites for hydroxylation is 2. The molecule has 1 aliphatic rings. The van der Waals surface area contributed by atoms with Gasteiger partial charge in [-0.25, -0.2) is 9.78 Å². The summed E-state index contributed by atoms with van der Waals surface area (Å²) in [5.41, 5.74) is 2.32. The molecule has 0 aliphatic carbocycles. The summed E-state index contributed by atoms with van der Waals surface area (Å²) < 4.78 is 16.9. The first-order valence-electron chi connectivity index (χ1n) is 12.5. The van der Waals surface area contributed by atoms with E-state index < -0.39 is 17.9 Å². The summed E-state index contributed by atoms with van der Waals surface area (Å²) in [6, 6.07) is 11.9. The van der Waals surface area contributed by atoms with Crippen LogP contribution in [0, 0.1) is 13.8 Å². The molecule has 4 aromatic rings. The second-order valence-electron chi connectivity index (χ2n) is 9.28. The standard InChI is InChI=1S/C29H28N2O6S/c1-5-6-7-13-36-19-10-8-9-18(15-19)23-22-24(32)20-14-16(2)11-12-21(20)37-25(22)27(33)31(23)29-30-17(3)26(38-29)28(34)35-4/h8-12,14-15,23H,5-7,13H2,1-4H3. The van der Waals surface area contributed by atoms with Crippen molar-refractivity contribution < 1.29 is 23.5 Å². The monoisotopic (exact) mass is 532 g/mol. The molecule has 1 unspecified atom stereocenters. The fourth-order valence-electron chi connectivity index (χ4n) is 4.68. The Morgan fingerprint density at radius 1 is 1.13 bits per heavy atom. The van der Waals surface area contributed by atoms with Crippen LogP contribution in [0.5, 0.6) is 5.75 Å². The number of esters is 1. The molecular weight excluding hydrogens is 504 g/mol. The van der Waals surface area contributed by atoms with Crippen LogP contribution < -0.4 is 15.1 Å². The van der Waals surface area contributed by atoms with E-state index in [4.69, 9.17) is 13.9 Å². The Bertz CT molecular complexity index is 1600. The minimum Gasteiger partial charge on any atom is -0.494 e. The van der Waals surface area contributed by atoms with E-state index in [-0.39, 0.29) is 26.8 Å². The summed E-state index contributed by atoms with van der Waals surface area (Å²) in [4.78, 5) is 46.3. The Hall–Kier alpha value is -3.98. The average molecular weight is 533 g/mol. The van der Waals surface area contributed by atoms with Crippen LogP contribution in [0.4, 0.5) is 5.13 Å². The second kappa shape index (κ2) is 10.4. The van der Waals surface area contributed by atoms with Gasteiger partial charge < -0.3 is 13.9 Å². The zero-order chi connectivity index (χ0) is 27.0. The molecule has 0 saturated carbocycles. The van der Waals surface area contributed by atoms with E-state index >= 15 is 0 Å². The number of hydrogen-bond acceptors (Lipinski definition) is 8. The van der Waals surface area contributed by atoms with Crippen LogP contribution in [0.1, 0.15) is 74.8 Å². The maximum absolute atomic E-state index is 13.9. The van der Waals surface area contributed by atoms with Crippen LogP contribution in [0.3, 0.4) is 0 Å². The fraction of sp³-hybridized carbons (Fsp3) is 0.310. The normalized spacial score (nSPS) is 14.7. The molecule has 1 atom stereocenters. The van der Waals surface area contributed by atoms with Gasteiger partial charge in [0.2, 0.25) is 5.76 Å². The summed E-state index contributed by atoms with van der Waals surface area (Å²) in [7, 11) is 1.29. The van der Waals surface area contributed by atoms with E-state index in [1.54, 1.807) is 19.1 Å². The van der Waals surface area contributed by atoms with Gasteiger partial charge in [0.15, 0.2) is 10.6 Å². The molecule has 38 heavy (non-hydrogen) atoms. The molecule has 5 rings (SSSR count). The van der Waals surface area contributed by atoms with E-state index in [0.29, 0.717) is 34.6 Å². The number of unbranched alkanes of at least 4 members (excludes halogenated alkanes) is 2. The Kier molecular flexibility index (Phi) is 7.03. The van der Waals surface area contributed by atoms with Crippen LogP contribution in [-0.2, 0) is 4.74 Å². The highest BCUT2D eigenvalue weighted by Crippen LogP contribution is 2.43. The molecule has 0 fully saturated rings. The number of nitrogens with zero attached hydrogens (tertiary/aromatic N) is 2. The van der Waals surface area contributed by atoms with Gasteiger partial charge in [-0.2, -0.15) is 0 Å². The van der Waals surface area contributed by atoms with E-state index in [1.807, 2.05) is 37.3 Å². The molecule has 8 nitrogen and oxygen atoms in total. The Balaban J connectivity index is 1.68. The van der Waals surface area contributed by atoms with Gasteiger partial charge in [-0.15, -0.1) is 0 Å². The fourth-order valence-corrected chi connectivity index (χ4v) is 5.70. The number of aromatic nitrogens is 1. The number of carbonyl (C=O) groups excluding carboxylic acids is 2. The second-order valence-corrected chi connectivity index (χ2v) is 10.3. The average Bonchev–Trinajstić information content (AvgIpc) is 3.44. The summed E-state index contributed by atoms with van der Waals surface area (Å²) in [6.07, 6.45) is 3.09. The van der Waals surface area contributed by atoms with Crippen molar-refractivity contribution in [1.82, 2.24) is 4.98 Å². The van der Waals surface area contributed by atoms with Gasteiger partial charge in [0.05, 0.1) is 36.4 Å². The van der Waals surface area contributed by atoms with Crippen molar-refractivity contribution in [2.75, 3.05) is 18.6 Å². The minimum atomic E-state index is -0.811. The van der Waals surface area contributed by atoms with Crippen molar-refractivity contribution in [1.29, 1.82) is 0 Å². The highest BCUT2D eigenvalue weighted by molar-refractivity contribution is 7.17. The number of carbonyl (C=O) groups is 2. The van der Waals surface area contributed by atoms with Crippen molar-refractivity contribution in [2.45, 2.75) is 46.1 Å². The summed E-state index contributed by atoms with van der Waals surface area (Å²) in [6.45, 7) is 6.28. The van der Waals surface area contributed by atoms with Crippen molar-refractivity contribution in [3.05, 3.63) is 85.7 Å². The quantitative estimate of drug-likeness (QED) is 0.204. The number of methoxy groups -OCH3 is 1. The maximum atomic E-state index is 13.9. The lowest BCUT2D eigenvalue weighted by atomic mass is 9.98. The molecule has 1 aliphatic heterocycles. The maximum Gasteiger partial charge on any atom is 0.350 e. The van der Waals surface area contributed by atoms with Crippen molar-refractivity contribution in [3.63, 3.8) is 0 Å². The SMILES string of the molecule is CCCCCOc1cccc(C2c3c(oc4ccc(C)cc4c3=O)C(=O)N2c2nc(C)c(C(=O)OC)s2)c1. The first kappa shape index (κ1) is 25.7. The van der Waals surface area contributed by atoms with Crippen molar-refractivity contribution in [3.8, 4) is 5.75 Å². The van der Waals surface area contributed by atoms with Gasteiger partial charge in [0.25, 0.3) is 5.91 Å². The molecule has 2 aromatic carbocycles. The molecule has 0 radical (unpaired) electrons. The molecule has 0 bridgehead atoms. The molecule has 2 aromatic heterocycles. The van der Waals surface area contributed by atoms with Crippen LogP contribution in [0.25, 0.3) is 11.0 Å². The van der Waals surface area contributed by atoms with Gasteiger partial charge in [0.1, 0.15) is 16.2 Å². The van der Waals surface area contributed by atoms with E-state index in [1.165, 1.54) is 12.0 Å². The topological polar surface area (TPSA) is 98.9 Å². The third-order valence-corrected chi connectivity index (χ3v) is 7.72. The van der Waals surface area contributed by atoms with Gasteiger partial charge >= 0.3 is 5.97 Å². The first-order valence-corrected chi connectivity index (χ1v) is 13.3. The molecule has 196 valence electrons. The number of anilines is 1. The summed E-state index contributed by atoms with van der Waals surface area (Å²) in [5, 5.41) is 0.680. The number of benzene rings is 2. The molecule has 0 saturated heterocycles. The highest BCUT2D eigenvalue weighted by Gasteiger charge is 2.45. The van der Waals surface area contributed by atoms with Crippen LogP contribution >= 0.6 is 11.3 Å². The zero-order valence-electron chi connectivity index (χ0n) is 21.7. The number of ether oxygens (including phenoxy) is 2. The molecule has 0 spiro atoms. The summed E-state index contributed by atoms with van der Waals surface area (Å²) in [5.74, 6) is -0.419. The van der Waals surface area contributed by atoms with Crippen LogP contribution in [-0.4, -0.2) is 30.6 Å². The third-order valence-electron chi connectivity index (χ3n) is 6.58. The molecule has 3 heterocycles. The van der Waals surface area contributed by atoms with Gasteiger partial charge in [-0.3, -0.25) is 14.5 Å². The van der Waals surface area contributed by atoms with E-state index in [2.05, 4.69) is 11.9 Å². The zero-order valence-corrected chi connectivity index (χ0v) is 22.5. The first-order chi connectivity index (χ1) is 18.3. The predicted octanol–water partition coefficient (Wildman–Crippen LogP) is 5.97. The van der Waals surface area contributed by atoms with Crippen LogP contribution in [0.15, 0.2) is 51.7 Å².